The molecular weight excluding hydrogens is 298 g/mol. The van der Waals surface area contributed by atoms with Crippen LogP contribution in [0.4, 0.5) is 0 Å². The lowest BCUT2D eigenvalue weighted by atomic mass is 9.97. The van der Waals surface area contributed by atoms with Crippen molar-refractivity contribution in [3.8, 4) is 0 Å². The first-order valence-electron chi connectivity index (χ1n) is 8.06. The number of hydrogen-bond donors (Lipinski definition) is 2. The Labute approximate surface area is 135 Å². The highest BCUT2D eigenvalue weighted by Gasteiger charge is 2.26. The van der Waals surface area contributed by atoms with Crippen molar-refractivity contribution >= 4 is 23.2 Å². The predicted octanol–water partition coefficient (Wildman–Crippen LogP) is 1.47. The Bertz CT molecular complexity index is 511. The fraction of sp³-hybridized carbons (Fsp3) is 0.625. The molecule has 0 bridgehead atoms. The van der Waals surface area contributed by atoms with E-state index in [4.69, 9.17) is 0 Å². The van der Waals surface area contributed by atoms with Crippen molar-refractivity contribution in [3.05, 3.63) is 22.4 Å². The number of rotatable bonds is 4. The van der Waals surface area contributed by atoms with Crippen LogP contribution in [-0.2, 0) is 4.79 Å². The summed E-state index contributed by atoms with van der Waals surface area (Å²) in [6, 6.07) is 1.86. The molecule has 2 aliphatic rings. The summed E-state index contributed by atoms with van der Waals surface area (Å²) in [6.07, 6.45) is 4.09. The lowest BCUT2D eigenvalue weighted by Crippen LogP contribution is -2.46. The molecule has 6 heteroatoms. The predicted molar refractivity (Wildman–Crippen MR) is 87.0 cm³/mol. The first kappa shape index (κ1) is 15.5. The average molecular weight is 321 g/mol. The van der Waals surface area contributed by atoms with E-state index >= 15 is 0 Å². The summed E-state index contributed by atoms with van der Waals surface area (Å²) >= 11 is 1.55. The van der Waals surface area contributed by atoms with Gasteiger partial charge in [0.05, 0.1) is 11.6 Å². The standard InChI is InChI=1S/C16H23N3O2S/c20-15(14-4-1-6-17-14)18-9-12-3-2-7-19(10-12)16(21)13-5-8-22-11-13/h5,8,11-12,14,17H,1-4,6-7,9-10H2,(H,18,20). The summed E-state index contributed by atoms with van der Waals surface area (Å²) in [5, 5.41) is 10.1. The Morgan fingerprint density at radius 1 is 1.36 bits per heavy atom. The van der Waals surface area contributed by atoms with Crippen molar-refractivity contribution in [1.29, 1.82) is 0 Å². The smallest absolute Gasteiger partial charge is 0.254 e. The molecule has 1 aromatic heterocycles. The van der Waals surface area contributed by atoms with Crippen molar-refractivity contribution < 1.29 is 9.59 Å². The number of piperidine rings is 1. The molecule has 22 heavy (non-hydrogen) atoms. The maximum atomic E-state index is 12.4. The van der Waals surface area contributed by atoms with Gasteiger partial charge in [-0.05, 0) is 49.6 Å². The molecule has 1 aromatic rings. The van der Waals surface area contributed by atoms with Crippen LogP contribution in [-0.4, -0.2) is 48.9 Å². The van der Waals surface area contributed by atoms with Crippen molar-refractivity contribution in [2.45, 2.75) is 31.7 Å². The van der Waals surface area contributed by atoms with Crippen molar-refractivity contribution in [2.75, 3.05) is 26.2 Å². The molecule has 3 heterocycles. The molecular formula is C16H23N3O2S. The third-order valence-corrected chi connectivity index (χ3v) is 5.20. The summed E-state index contributed by atoms with van der Waals surface area (Å²) < 4.78 is 0. The van der Waals surface area contributed by atoms with Gasteiger partial charge in [0.25, 0.3) is 5.91 Å². The molecule has 0 spiro atoms. The summed E-state index contributed by atoms with van der Waals surface area (Å²) in [4.78, 5) is 26.4. The molecule has 3 rings (SSSR count). The van der Waals surface area contributed by atoms with Gasteiger partial charge >= 0.3 is 0 Å². The van der Waals surface area contributed by atoms with Gasteiger partial charge in [0.15, 0.2) is 0 Å². The molecule has 5 nitrogen and oxygen atoms in total. The maximum Gasteiger partial charge on any atom is 0.254 e. The van der Waals surface area contributed by atoms with Gasteiger partial charge in [0, 0.05) is 25.0 Å². The van der Waals surface area contributed by atoms with Crippen molar-refractivity contribution in [3.63, 3.8) is 0 Å². The number of carbonyl (C=O) groups is 2. The maximum absolute atomic E-state index is 12.4. The van der Waals surface area contributed by atoms with Crippen LogP contribution in [0.15, 0.2) is 16.8 Å². The van der Waals surface area contributed by atoms with Gasteiger partial charge in [-0.2, -0.15) is 11.3 Å². The van der Waals surface area contributed by atoms with E-state index in [0.29, 0.717) is 12.5 Å². The Morgan fingerprint density at radius 3 is 3.00 bits per heavy atom. The van der Waals surface area contributed by atoms with Gasteiger partial charge in [-0.1, -0.05) is 0 Å². The van der Waals surface area contributed by atoms with E-state index in [1.54, 1.807) is 11.3 Å². The Hall–Kier alpha value is -1.40. The number of amides is 2. The van der Waals surface area contributed by atoms with Crippen LogP contribution in [0.25, 0.3) is 0 Å². The molecule has 2 aliphatic heterocycles. The largest absolute Gasteiger partial charge is 0.354 e. The van der Waals surface area contributed by atoms with Crippen LogP contribution >= 0.6 is 11.3 Å². The molecule has 0 radical (unpaired) electrons. The third-order valence-electron chi connectivity index (χ3n) is 4.52. The van der Waals surface area contributed by atoms with Crippen LogP contribution in [0.2, 0.25) is 0 Å². The highest BCUT2D eigenvalue weighted by atomic mass is 32.1. The molecule has 120 valence electrons. The zero-order valence-corrected chi connectivity index (χ0v) is 13.5. The minimum absolute atomic E-state index is 0.0212. The van der Waals surface area contributed by atoms with Crippen molar-refractivity contribution in [2.24, 2.45) is 5.92 Å². The summed E-state index contributed by atoms with van der Waals surface area (Å²) in [7, 11) is 0. The molecule has 2 N–H and O–H groups in total. The zero-order valence-electron chi connectivity index (χ0n) is 12.7. The summed E-state index contributed by atoms with van der Waals surface area (Å²) in [6.45, 7) is 3.17. The van der Waals surface area contributed by atoms with E-state index in [2.05, 4.69) is 10.6 Å². The first-order valence-corrected chi connectivity index (χ1v) is 9.01. The van der Waals surface area contributed by atoms with Crippen LogP contribution in [0.1, 0.15) is 36.0 Å². The molecule has 2 saturated heterocycles. The van der Waals surface area contributed by atoms with E-state index in [1.807, 2.05) is 21.7 Å². The van der Waals surface area contributed by atoms with Gasteiger partial charge in [0.2, 0.25) is 5.91 Å². The zero-order chi connectivity index (χ0) is 15.4. The highest BCUT2D eigenvalue weighted by Crippen LogP contribution is 2.19. The van der Waals surface area contributed by atoms with E-state index < -0.39 is 0 Å². The number of nitrogens with zero attached hydrogens (tertiary/aromatic N) is 1. The van der Waals surface area contributed by atoms with E-state index in [1.165, 1.54) is 0 Å². The second kappa shape index (κ2) is 7.24. The minimum atomic E-state index is -0.0212. The van der Waals surface area contributed by atoms with Crippen LogP contribution in [0, 0.1) is 5.92 Å². The SMILES string of the molecule is O=C(NCC1CCCN(C(=O)c2ccsc2)C1)C1CCCN1. The second-order valence-corrected chi connectivity index (χ2v) is 6.95. The third kappa shape index (κ3) is 3.67. The molecule has 2 unspecified atom stereocenters. The topological polar surface area (TPSA) is 61.4 Å². The van der Waals surface area contributed by atoms with Gasteiger partial charge in [-0.25, -0.2) is 0 Å². The number of carbonyl (C=O) groups excluding carboxylic acids is 2. The molecule has 0 aromatic carbocycles. The van der Waals surface area contributed by atoms with Gasteiger partial charge < -0.3 is 15.5 Å². The molecule has 2 amide bonds. The van der Waals surface area contributed by atoms with Gasteiger partial charge in [-0.15, -0.1) is 0 Å². The average Bonchev–Trinajstić information content (AvgIpc) is 3.25. The number of likely N-dealkylation sites (tertiary alicyclic amines) is 1. The molecule has 2 fully saturated rings. The fourth-order valence-corrected chi connectivity index (χ4v) is 3.89. The van der Waals surface area contributed by atoms with E-state index in [9.17, 15) is 9.59 Å². The Morgan fingerprint density at radius 2 is 2.27 bits per heavy atom. The normalized spacial score (nSPS) is 25.2. The number of nitrogens with one attached hydrogen (secondary N) is 2. The van der Waals surface area contributed by atoms with Crippen LogP contribution < -0.4 is 10.6 Å². The Balaban J connectivity index is 1.48. The second-order valence-electron chi connectivity index (χ2n) is 6.17. The number of hydrogen-bond acceptors (Lipinski definition) is 4. The summed E-state index contributed by atoms with van der Waals surface area (Å²) in [5.74, 6) is 0.593. The first-order chi connectivity index (χ1) is 10.7. The van der Waals surface area contributed by atoms with E-state index in [-0.39, 0.29) is 17.9 Å². The van der Waals surface area contributed by atoms with Crippen LogP contribution in [0.3, 0.4) is 0 Å². The summed E-state index contributed by atoms with van der Waals surface area (Å²) in [5.41, 5.74) is 0.782. The quantitative estimate of drug-likeness (QED) is 0.883. The molecule has 0 saturated carbocycles. The van der Waals surface area contributed by atoms with E-state index in [0.717, 1.165) is 50.9 Å². The molecule has 0 aliphatic carbocycles. The van der Waals surface area contributed by atoms with Gasteiger partial charge in [0.1, 0.15) is 0 Å². The van der Waals surface area contributed by atoms with Gasteiger partial charge in [-0.3, -0.25) is 9.59 Å². The Kier molecular flexibility index (Phi) is 5.10. The van der Waals surface area contributed by atoms with Crippen LogP contribution in [0.5, 0.6) is 0 Å². The highest BCUT2D eigenvalue weighted by molar-refractivity contribution is 7.08. The van der Waals surface area contributed by atoms with Crippen molar-refractivity contribution in [1.82, 2.24) is 15.5 Å². The number of thiophene rings is 1. The fourth-order valence-electron chi connectivity index (χ4n) is 3.26. The minimum Gasteiger partial charge on any atom is -0.354 e. The molecule has 2 atom stereocenters. The lowest BCUT2D eigenvalue weighted by molar-refractivity contribution is -0.123. The monoisotopic (exact) mass is 321 g/mol. The lowest BCUT2D eigenvalue weighted by Gasteiger charge is -2.33.